The molecule has 0 spiro atoms. The van der Waals surface area contributed by atoms with Gasteiger partial charge >= 0.3 is 0 Å². The third-order valence-electron chi connectivity index (χ3n) is 3.35. The number of halogens is 1. The standard InChI is InChI=1S/C17H15BrN4O/c1-11(17(23)22-13-5-3-2-4-6-13)21-14-7-8-19-15-9-12(18)10-20-16(14)15/h2-11H,1H3,(H,19,21)(H,22,23). The lowest BCUT2D eigenvalue weighted by molar-refractivity contribution is -0.116. The number of hydrogen-bond acceptors (Lipinski definition) is 4. The average molecular weight is 371 g/mol. The molecule has 1 aromatic carbocycles. The number of aromatic nitrogens is 2. The molecule has 5 nitrogen and oxygen atoms in total. The first-order valence-electron chi connectivity index (χ1n) is 7.16. The maximum absolute atomic E-state index is 12.3. The first kappa shape index (κ1) is 15.4. The number of hydrogen-bond donors (Lipinski definition) is 2. The molecule has 0 aliphatic carbocycles. The number of carbonyl (C=O) groups is 1. The lowest BCUT2D eigenvalue weighted by atomic mass is 10.2. The number of carbonyl (C=O) groups excluding carboxylic acids is 1. The molecular formula is C17H15BrN4O. The summed E-state index contributed by atoms with van der Waals surface area (Å²) < 4.78 is 0.865. The Bertz CT molecular complexity index is 838. The van der Waals surface area contributed by atoms with Crippen LogP contribution in [0.15, 0.2) is 59.3 Å². The molecule has 0 saturated heterocycles. The lowest BCUT2D eigenvalue weighted by Gasteiger charge is -2.16. The van der Waals surface area contributed by atoms with Crippen molar-refractivity contribution in [2.45, 2.75) is 13.0 Å². The van der Waals surface area contributed by atoms with Crippen molar-refractivity contribution in [2.75, 3.05) is 10.6 Å². The van der Waals surface area contributed by atoms with Crippen LogP contribution in [0.4, 0.5) is 11.4 Å². The van der Waals surface area contributed by atoms with Crippen LogP contribution in [0.5, 0.6) is 0 Å². The van der Waals surface area contributed by atoms with E-state index in [-0.39, 0.29) is 5.91 Å². The van der Waals surface area contributed by atoms with Crippen LogP contribution < -0.4 is 10.6 Å². The van der Waals surface area contributed by atoms with Gasteiger partial charge in [-0.05, 0) is 47.1 Å². The van der Waals surface area contributed by atoms with E-state index < -0.39 is 6.04 Å². The van der Waals surface area contributed by atoms with Crippen LogP contribution in [0.3, 0.4) is 0 Å². The highest BCUT2D eigenvalue weighted by Crippen LogP contribution is 2.22. The fraction of sp³-hybridized carbons (Fsp3) is 0.118. The van der Waals surface area contributed by atoms with Gasteiger partial charge < -0.3 is 10.6 Å². The molecule has 3 rings (SSSR count). The fourth-order valence-electron chi connectivity index (χ4n) is 2.19. The van der Waals surface area contributed by atoms with Crippen LogP contribution in [-0.4, -0.2) is 21.9 Å². The van der Waals surface area contributed by atoms with Crippen LogP contribution in [0.1, 0.15) is 6.92 Å². The Balaban J connectivity index is 1.77. The van der Waals surface area contributed by atoms with E-state index in [1.54, 1.807) is 12.4 Å². The van der Waals surface area contributed by atoms with Gasteiger partial charge in [0.15, 0.2) is 0 Å². The summed E-state index contributed by atoms with van der Waals surface area (Å²) in [5.74, 6) is -0.113. The highest BCUT2D eigenvalue weighted by atomic mass is 79.9. The third kappa shape index (κ3) is 3.65. The molecule has 1 atom stereocenters. The first-order chi connectivity index (χ1) is 11.1. The maximum Gasteiger partial charge on any atom is 0.246 e. The number of amides is 1. The Hall–Kier alpha value is -2.47. The number of fused-ring (bicyclic) bond motifs is 1. The number of anilines is 2. The monoisotopic (exact) mass is 370 g/mol. The van der Waals surface area contributed by atoms with Crippen molar-refractivity contribution in [2.24, 2.45) is 0 Å². The van der Waals surface area contributed by atoms with Crippen LogP contribution in [-0.2, 0) is 4.79 Å². The Kier molecular flexibility index (Phi) is 4.52. The quantitative estimate of drug-likeness (QED) is 0.732. The molecule has 0 aliphatic rings. The van der Waals surface area contributed by atoms with Crippen molar-refractivity contribution in [1.29, 1.82) is 0 Å². The molecule has 116 valence electrons. The molecule has 2 heterocycles. The number of nitrogens with zero attached hydrogens (tertiary/aromatic N) is 2. The minimum Gasteiger partial charge on any atom is -0.372 e. The molecule has 23 heavy (non-hydrogen) atoms. The highest BCUT2D eigenvalue weighted by Gasteiger charge is 2.14. The predicted octanol–water partition coefficient (Wildman–Crippen LogP) is 3.83. The molecule has 0 aliphatic heterocycles. The van der Waals surface area contributed by atoms with Gasteiger partial charge in [-0.3, -0.25) is 14.8 Å². The zero-order valence-electron chi connectivity index (χ0n) is 12.5. The minimum absolute atomic E-state index is 0.113. The van der Waals surface area contributed by atoms with Crippen LogP contribution in [0.25, 0.3) is 11.0 Å². The molecule has 3 aromatic rings. The molecule has 0 fully saturated rings. The van der Waals surface area contributed by atoms with E-state index in [9.17, 15) is 4.79 Å². The summed E-state index contributed by atoms with van der Waals surface area (Å²) in [5, 5.41) is 6.07. The molecule has 2 N–H and O–H groups in total. The van der Waals surface area contributed by atoms with E-state index in [4.69, 9.17) is 0 Å². The molecular weight excluding hydrogens is 356 g/mol. The number of pyridine rings is 2. The second-order valence-corrected chi connectivity index (χ2v) is 6.02. The van der Waals surface area contributed by atoms with Crippen molar-refractivity contribution >= 4 is 44.2 Å². The largest absolute Gasteiger partial charge is 0.372 e. The third-order valence-corrected chi connectivity index (χ3v) is 3.78. The van der Waals surface area contributed by atoms with Crippen LogP contribution >= 0.6 is 15.9 Å². The fourth-order valence-corrected chi connectivity index (χ4v) is 2.51. The van der Waals surface area contributed by atoms with E-state index in [1.807, 2.05) is 49.4 Å². The van der Waals surface area contributed by atoms with Gasteiger partial charge in [-0.1, -0.05) is 18.2 Å². The van der Waals surface area contributed by atoms with Crippen molar-refractivity contribution in [1.82, 2.24) is 9.97 Å². The van der Waals surface area contributed by atoms with Crippen molar-refractivity contribution < 1.29 is 4.79 Å². The number of rotatable bonds is 4. The first-order valence-corrected chi connectivity index (χ1v) is 7.95. The van der Waals surface area contributed by atoms with Crippen LogP contribution in [0, 0.1) is 0 Å². The van der Waals surface area contributed by atoms with Gasteiger partial charge in [0.25, 0.3) is 0 Å². The van der Waals surface area contributed by atoms with Gasteiger partial charge in [-0.2, -0.15) is 0 Å². The zero-order valence-corrected chi connectivity index (χ0v) is 14.0. The maximum atomic E-state index is 12.3. The Labute approximate surface area is 142 Å². The van der Waals surface area contributed by atoms with E-state index >= 15 is 0 Å². The molecule has 2 aromatic heterocycles. The van der Waals surface area contributed by atoms with Crippen molar-refractivity contribution in [3.8, 4) is 0 Å². The van der Waals surface area contributed by atoms with Gasteiger partial charge in [-0.25, -0.2) is 0 Å². The Morgan fingerprint density at radius 1 is 1.17 bits per heavy atom. The topological polar surface area (TPSA) is 66.9 Å². The molecule has 0 bridgehead atoms. The van der Waals surface area contributed by atoms with E-state index in [0.717, 1.165) is 26.9 Å². The molecule has 0 saturated carbocycles. The van der Waals surface area contributed by atoms with E-state index in [0.29, 0.717) is 0 Å². The van der Waals surface area contributed by atoms with Gasteiger partial charge in [0, 0.05) is 22.6 Å². The van der Waals surface area contributed by atoms with Gasteiger partial charge in [0.1, 0.15) is 11.6 Å². The van der Waals surface area contributed by atoms with Gasteiger partial charge in [0.2, 0.25) is 5.91 Å². The number of nitrogens with one attached hydrogen (secondary N) is 2. The van der Waals surface area contributed by atoms with Gasteiger partial charge in [-0.15, -0.1) is 0 Å². The average Bonchev–Trinajstić information content (AvgIpc) is 2.55. The number of para-hydroxylation sites is 1. The highest BCUT2D eigenvalue weighted by molar-refractivity contribution is 9.10. The normalized spacial score (nSPS) is 11.9. The minimum atomic E-state index is -0.411. The van der Waals surface area contributed by atoms with E-state index in [2.05, 4.69) is 36.5 Å². The molecule has 1 amide bonds. The lowest BCUT2D eigenvalue weighted by Crippen LogP contribution is -2.32. The SMILES string of the molecule is CC(Nc1ccnc2cc(Br)cnc12)C(=O)Nc1ccccc1. The van der Waals surface area contributed by atoms with E-state index in [1.165, 1.54) is 0 Å². The van der Waals surface area contributed by atoms with Gasteiger partial charge in [0.05, 0.1) is 11.2 Å². The summed E-state index contributed by atoms with van der Waals surface area (Å²) in [5.41, 5.74) is 3.04. The van der Waals surface area contributed by atoms with Crippen molar-refractivity contribution in [3.05, 3.63) is 59.3 Å². The summed E-state index contributed by atoms with van der Waals surface area (Å²) >= 11 is 3.38. The van der Waals surface area contributed by atoms with Crippen molar-refractivity contribution in [3.63, 3.8) is 0 Å². The second kappa shape index (κ2) is 6.75. The summed E-state index contributed by atoms with van der Waals surface area (Å²) in [6.07, 6.45) is 3.41. The second-order valence-electron chi connectivity index (χ2n) is 5.10. The Morgan fingerprint density at radius 2 is 1.96 bits per heavy atom. The predicted molar refractivity (Wildman–Crippen MR) is 95.4 cm³/mol. The summed E-state index contributed by atoms with van der Waals surface area (Å²) in [4.78, 5) is 21.0. The summed E-state index contributed by atoms with van der Waals surface area (Å²) in [7, 11) is 0. The molecule has 6 heteroatoms. The zero-order chi connectivity index (χ0) is 16.2. The molecule has 0 radical (unpaired) electrons. The van der Waals surface area contributed by atoms with Crippen LogP contribution in [0.2, 0.25) is 0 Å². The smallest absolute Gasteiger partial charge is 0.246 e. The molecule has 1 unspecified atom stereocenters. The summed E-state index contributed by atoms with van der Waals surface area (Å²) in [6.45, 7) is 1.81. The summed E-state index contributed by atoms with van der Waals surface area (Å²) in [6, 6.07) is 12.7. The Morgan fingerprint density at radius 3 is 2.74 bits per heavy atom. The number of benzene rings is 1.